The predicted molar refractivity (Wildman–Crippen MR) is 58.1 cm³/mol. The minimum Gasteiger partial charge on any atom is -0.493 e. The average Bonchev–Trinajstić information content (AvgIpc) is 2.23. The molecule has 3 nitrogen and oxygen atoms in total. The lowest BCUT2D eigenvalue weighted by Gasteiger charge is -2.07. The van der Waals surface area contributed by atoms with Crippen LogP contribution in [0.1, 0.15) is 17.5 Å². The summed E-state index contributed by atoms with van der Waals surface area (Å²) in [5.41, 5.74) is 2.38. The van der Waals surface area contributed by atoms with E-state index >= 15 is 0 Å². The maximum Gasteiger partial charge on any atom is 0.161 e. The van der Waals surface area contributed by atoms with Crippen LogP contribution in [0.15, 0.2) is 18.2 Å². The lowest BCUT2D eigenvalue weighted by atomic mass is 10.1. The van der Waals surface area contributed by atoms with Gasteiger partial charge in [0.25, 0.3) is 0 Å². The Morgan fingerprint density at radius 2 is 2.07 bits per heavy atom. The largest absolute Gasteiger partial charge is 0.493 e. The molecule has 1 aromatic carbocycles. The molecule has 0 aliphatic carbocycles. The Morgan fingerprint density at radius 3 is 2.67 bits per heavy atom. The van der Waals surface area contributed by atoms with Crippen LogP contribution in [-0.2, 0) is 4.79 Å². The maximum absolute atomic E-state index is 10.8. The predicted octanol–water partition coefficient (Wildman–Crippen LogP) is 1.63. The maximum atomic E-state index is 10.8. The van der Waals surface area contributed by atoms with Gasteiger partial charge in [-0.15, -0.1) is 0 Å². The summed E-state index contributed by atoms with van der Waals surface area (Å²) in [6.45, 7) is 3.97. The minimum atomic E-state index is -0.406. The van der Waals surface area contributed by atoms with E-state index in [4.69, 9.17) is 9.84 Å². The fourth-order valence-electron chi connectivity index (χ4n) is 1.17. The van der Waals surface area contributed by atoms with Crippen molar-refractivity contribution in [1.29, 1.82) is 0 Å². The van der Waals surface area contributed by atoms with Gasteiger partial charge >= 0.3 is 0 Å². The summed E-state index contributed by atoms with van der Waals surface area (Å²) in [6, 6.07) is 5.81. The van der Waals surface area contributed by atoms with Crippen molar-refractivity contribution in [2.75, 3.05) is 13.2 Å². The third kappa shape index (κ3) is 3.72. The molecule has 3 heteroatoms. The monoisotopic (exact) mass is 208 g/mol. The van der Waals surface area contributed by atoms with Crippen LogP contribution in [0.2, 0.25) is 0 Å². The Labute approximate surface area is 89.7 Å². The van der Waals surface area contributed by atoms with Crippen molar-refractivity contribution in [2.45, 2.75) is 20.3 Å². The van der Waals surface area contributed by atoms with Crippen LogP contribution in [0.5, 0.6) is 5.75 Å². The Morgan fingerprint density at radius 1 is 1.33 bits per heavy atom. The van der Waals surface area contributed by atoms with E-state index in [1.54, 1.807) is 0 Å². The summed E-state index contributed by atoms with van der Waals surface area (Å²) in [5.74, 6) is 0.572. The second-order valence-corrected chi connectivity index (χ2v) is 3.54. The van der Waals surface area contributed by atoms with Crippen LogP contribution in [-0.4, -0.2) is 24.1 Å². The van der Waals surface area contributed by atoms with Crippen LogP contribution in [0, 0.1) is 13.8 Å². The van der Waals surface area contributed by atoms with E-state index in [0.29, 0.717) is 6.61 Å². The number of carbonyl (C=O) groups excluding carboxylic acids is 1. The van der Waals surface area contributed by atoms with E-state index in [9.17, 15) is 4.79 Å². The molecule has 0 saturated heterocycles. The van der Waals surface area contributed by atoms with Gasteiger partial charge < -0.3 is 9.84 Å². The molecule has 0 radical (unpaired) electrons. The van der Waals surface area contributed by atoms with Gasteiger partial charge in [0.05, 0.1) is 6.61 Å². The van der Waals surface area contributed by atoms with E-state index < -0.39 is 6.61 Å². The number of aliphatic hydroxyl groups is 1. The van der Waals surface area contributed by atoms with Crippen molar-refractivity contribution in [3.05, 3.63) is 29.3 Å². The van der Waals surface area contributed by atoms with Crippen molar-refractivity contribution in [3.63, 3.8) is 0 Å². The molecule has 0 saturated carbocycles. The number of aryl methyl sites for hydroxylation is 2. The van der Waals surface area contributed by atoms with Crippen molar-refractivity contribution in [1.82, 2.24) is 0 Å². The molecule has 1 N–H and O–H groups in total. The molecule has 15 heavy (non-hydrogen) atoms. The summed E-state index contributed by atoms with van der Waals surface area (Å²) < 4.78 is 5.38. The summed E-state index contributed by atoms with van der Waals surface area (Å²) in [4.78, 5) is 10.8. The fourth-order valence-corrected chi connectivity index (χ4v) is 1.17. The number of rotatable bonds is 5. The summed E-state index contributed by atoms with van der Waals surface area (Å²) in [7, 11) is 0. The lowest BCUT2D eigenvalue weighted by Crippen LogP contribution is -2.09. The van der Waals surface area contributed by atoms with Gasteiger partial charge in [0.15, 0.2) is 5.78 Å². The van der Waals surface area contributed by atoms with Crippen molar-refractivity contribution < 1.29 is 14.6 Å². The number of hydrogen-bond acceptors (Lipinski definition) is 3. The summed E-state index contributed by atoms with van der Waals surface area (Å²) >= 11 is 0. The van der Waals surface area contributed by atoms with Crippen LogP contribution in [0.4, 0.5) is 0 Å². The first-order chi connectivity index (χ1) is 7.13. The third-order valence-corrected chi connectivity index (χ3v) is 2.30. The van der Waals surface area contributed by atoms with Crippen molar-refractivity contribution in [3.8, 4) is 5.75 Å². The van der Waals surface area contributed by atoms with Gasteiger partial charge in [0.2, 0.25) is 0 Å². The van der Waals surface area contributed by atoms with Gasteiger partial charge in [0, 0.05) is 6.42 Å². The second-order valence-electron chi connectivity index (χ2n) is 3.54. The number of carbonyl (C=O) groups is 1. The number of hydrogen-bond donors (Lipinski definition) is 1. The van der Waals surface area contributed by atoms with Crippen LogP contribution in [0.25, 0.3) is 0 Å². The Bertz CT molecular complexity index is 345. The van der Waals surface area contributed by atoms with Crippen LogP contribution < -0.4 is 4.74 Å². The van der Waals surface area contributed by atoms with E-state index in [-0.39, 0.29) is 12.2 Å². The zero-order valence-electron chi connectivity index (χ0n) is 9.12. The fraction of sp³-hybridized carbons (Fsp3) is 0.417. The normalized spacial score (nSPS) is 10.1. The van der Waals surface area contributed by atoms with Crippen LogP contribution >= 0.6 is 0 Å². The second kappa shape index (κ2) is 5.51. The van der Waals surface area contributed by atoms with Gasteiger partial charge in [-0.05, 0) is 37.1 Å². The topological polar surface area (TPSA) is 46.5 Å². The first kappa shape index (κ1) is 11.7. The van der Waals surface area contributed by atoms with Gasteiger partial charge in [-0.2, -0.15) is 0 Å². The number of benzene rings is 1. The zero-order chi connectivity index (χ0) is 11.3. The van der Waals surface area contributed by atoms with E-state index in [0.717, 1.165) is 5.75 Å². The molecule has 82 valence electrons. The van der Waals surface area contributed by atoms with Gasteiger partial charge in [-0.25, -0.2) is 0 Å². The van der Waals surface area contributed by atoms with E-state index in [1.807, 2.05) is 32.0 Å². The molecule has 0 fully saturated rings. The number of Topliss-reactive ketones (excluding diaryl/α,β-unsaturated/α-hetero) is 1. The minimum absolute atomic E-state index is 0.196. The average molecular weight is 208 g/mol. The smallest absolute Gasteiger partial charge is 0.161 e. The summed E-state index contributed by atoms with van der Waals surface area (Å²) in [6.07, 6.45) is 0.253. The molecule has 0 heterocycles. The van der Waals surface area contributed by atoms with Crippen molar-refractivity contribution >= 4 is 5.78 Å². The number of ketones is 1. The van der Waals surface area contributed by atoms with Gasteiger partial charge in [-0.3, -0.25) is 4.79 Å². The number of aliphatic hydroxyl groups excluding tert-OH is 1. The first-order valence-corrected chi connectivity index (χ1v) is 4.96. The number of ether oxygens (including phenoxy) is 1. The highest BCUT2D eigenvalue weighted by atomic mass is 16.5. The van der Waals surface area contributed by atoms with Gasteiger partial charge in [-0.1, -0.05) is 6.07 Å². The molecule has 0 spiro atoms. The van der Waals surface area contributed by atoms with Crippen LogP contribution in [0.3, 0.4) is 0 Å². The lowest BCUT2D eigenvalue weighted by molar-refractivity contribution is -0.122. The molecule has 0 aromatic heterocycles. The van der Waals surface area contributed by atoms with E-state index in [1.165, 1.54) is 11.1 Å². The SMILES string of the molecule is Cc1ccc(OCCC(=O)CO)cc1C. The van der Waals surface area contributed by atoms with Gasteiger partial charge in [0.1, 0.15) is 12.4 Å². The standard InChI is InChI=1S/C12H16O3/c1-9-3-4-12(7-10(9)2)15-6-5-11(14)8-13/h3-4,7,13H,5-6,8H2,1-2H3. The van der Waals surface area contributed by atoms with Crippen molar-refractivity contribution in [2.24, 2.45) is 0 Å². The quantitative estimate of drug-likeness (QED) is 0.800. The van der Waals surface area contributed by atoms with E-state index in [2.05, 4.69) is 0 Å². The Hall–Kier alpha value is -1.35. The molecule has 0 bridgehead atoms. The molecule has 0 amide bonds. The molecule has 1 rings (SSSR count). The first-order valence-electron chi connectivity index (χ1n) is 4.96. The molecule has 0 aliphatic rings. The molecule has 0 atom stereocenters. The Balaban J connectivity index is 2.44. The molecule has 0 aliphatic heterocycles. The molecular formula is C12H16O3. The third-order valence-electron chi connectivity index (χ3n) is 2.30. The highest BCUT2D eigenvalue weighted by molar-refractivity contribution is 5.79. The highest BCUT2D eigenvalue weighted by Crippen LogP contribution is 2.16. The zero-order valence-corrected chi connectivity index (χ0v) is 9.12. The molecular weight excluding hydrogens is 192 g/mol. The summed E-state index contributed by atoms with van der Waals surface area (Å²) in [5, 5.41) is 8.51. The molecule has 0 unspecified atom stereocenters. The Kier molecular flexibility index (Phi) is 4.31. The molecule has 1 aromatic rings. The highest BCUT2D eigenvalue weighted by Gasteiger charge is 2.01.